The predicted molar refractivity (Wildman–Crippen MR) is 54.8 cm³/mol. The fraction of sp³-hybridized carbons (Fsp3) is 0.571. The van der Waals surface area contributed by atoms with E-state index in [-0.39, 0.29) is 12.6 Å². The topological polar surface area (TPSA) is 81.2 Å². The third kappa shape index (κ3) is 2.52. The van der Waals surface area contributed by atoms with Crippen LogP contribution in [0.3, 0.4) is 0 Å². The Labute approximate surface area is 89.9 Å². The molecule has 0 aliphatic carbocycles. The molecule has 1 aromatic heterocycles. The van der Waals surface area contributed by atoms with Crippen molar-refractivity contribution >= 4 is 21.9 Å². The molecule has 0 spiro atoms. The highest BCUT2D eigenvalue weighted by Gasteiger charge is 2.21. The third-order valence-corrected chi connectivity index (χ3v) is 2.09. The van der Waals surface area contributed by atoms with Crippen molar-refractivity contribution in [2.24, 2.45) is 7.05 Å². The minimum Gasteiger partial charge on any atom is -0.390 e. The fourth-order valence-electron chi connectivity index (χ4n) is 0.821. The molecule has 80 valence electrons. The minimum absolute atomic E-state index is 0.280. The van der Waals surface area contributed by atoms with Gasteiger partial charge in [0, 0.05) is 0 Å². The number of hydrogen-bond donors (Lipinski definition) is 1. The van der Waals surface area contributed by atoms with Gasteiger partial charge in [0.15, 0.2) is 5.69 Å². The average Bonchev–Trinajstić information content (AvgIpc) is 2.45. The number of imidazole rings is 1. The van der Waals surface area contributed by atoms with E-state index in [4.69, 9.17) is 5.11 Å². The van der Waals surface area contributed by atoms with Crippen LogP contribution in [0.5, 0.6) is 0 Å². The highest BCUT2D eigenvalue weighted by molar-refractivity contribution is 9.10. The molecule has 0 radical (unpaired) electrons. The number of aromatic nitrogens is 2. The minimum atomic E-state index is -0.607. The van der Waals surface area contributed by atoms with Crippen molar-refractivity contribution < 1.29 is 10.0 Å². The highest BCUT2D eigenvalue weighted by atomic mass is 79.9. The number of rotatable bonds is 2. The number of aliphatic hydroxyl groups excluding tert-OH is 1. The molecule has 1 N–H and O–H groups in total. The molecular formula is C7H12BrN3O3. The average molecular weight is 266 g/mol. The van der Waals surface area contributed by atoms with Gasteiger partial charge in [-0.15, -0.1) is 0 Å². The fourth-order valence-corrected chi connectivity index (χ4v) is 1.37. The van der Waals surface area contributed by atoms with E-state index in [1.807, 2.05) is 13.8 Å². The molecule has 1 rings (SSSR count). The van der Waals surface area contributed by atoms with Gasteiger partial charge in [-0.3, -0.25) is 0 Å². The summed E-state index contributed by atoms with van der Waals surface area (Å²) < 4.78 is 1.53. The number of nitro groups is 1. The van der Waals surface area contributed by atoms with E-state index < -0.39 is 4.92 Å². The summed E-state index contributed by atoms with van der Waals surface area (Å²) in [5, 5.41) is 19.1. The number of halogens is 1. The zero-order valence-corrected chi connectivity index (χ0v) is 9.78. The molecule has 0 saturated carbocycles. The second kappa shape index (κ2) is 5.71. The lowest BCUT2D eigenvalue weighted by atomic mass is 10.5. The Morgan fingerprint density at radius 1 is 1.64 bits per heavy atom. The summed E-state index contributed by atoms with van der Waals surface area (Å²) in [6.45, 7) is 3.72. The van der Waals surface area contributed by atoms with Crippen molar-refractivity contribution in [3.63, 3.8) is 0 Å². The summed E-state index contributed by atoms with van der Waals surface area (Å²) in [5.74, 6) is -0.286. The number of nitrogens with zero attached hydrogens (tertiary/aromatic N) is 3. The second-order valence-electron chi connectivity index (χ2n) is 2.12. The maximum absolute atomic E-state index is 10.3. The van der Waals surface area contributed by atoms with Crippen LogP contribution in [0.4, 0.5) is 5.95 Å². The van der Waals surface area contributed by atoms with Crippen LogP contribution in [0, 0.1) is 10.1 Å². The molecule has 6 nitrogen and oxygen atoms in total. The van der Waals surface area contributed by atoms with Crippen molar-refractivity contribution in [1.82, 2.24) is 9.55 Å². The molecule has 0 aromatic carbocycles. The number of hydrogen-bond acceptors (Lipinski definition) is 4. The van der Waals surface area contributed by atoms with Crippen molar-refractivity contribution in [3.05, 3.63) is 20.4 Å². The predicted octanol–water partition coefficient (Wildman–Crippen LogP) is 1.61. The molecule has 1 heterocycles. The summed E-state index contributed by atoms with van der Waals surface area (Å²) in [6, 6.07) is 0. The largest absolute Gasteiger partial charge is 0.435 e. The van der Waals surface area contributed by atoms with Gasteiger partial charge in [-0.1, -0.05) is 18.8 Å². The van der Waals surface area contributed by atoms with E-state index >= 15 is 0 Å². The van der Waals surface area contributed by atoms with E-state index in [1.54, 1.807) is 0 Å². The lowest BCUT2D eigenvalue weighted by Crippen LogP contribution is -2.01. The Morgan fingerprint density at radius 2 is 2.14 bits per heavy atom. The highest BCUT2D eigenvalue weighted by Crippen LogP contribution is 2.20. The van der Waals surface area contributed by atoms with E-state index in [1.165, 1.54) is 11.6 Å². The van der Waals surface area contributed by atoms with Crippen LogP contribution >= 0.6 is 15.9 Å². The van der Waals surface area contributed by atoms with Gasteiger partial charge < -0.3 is 15.2 Å². The van der Waals surface area contributed by atoms with Crippen LogP contribution in [-0.4, -0.2) is 19.6 Å². The van der Waals surface area contributed by atoms with Gasteiger partial charge in [-0.2, -0.15) is 0 Å². The lowest BCUT2D eigenvalue weighted by molar-refractivity contribution is -0.396. The maximum Gasteiger partial charge on any atom is 0.435 e. The van der Waals surface area contributed by atoms with Crippen molar-refractivity contribution in [3.8, 4) is 0 Å². The Morgan fingerprint density at radius 3 is 2.36 bits per heavy atom. The SMILES string of the molecule is CC.Cn1c([N+](=O)[O-])nc(Br)c1CO. The van der Waals surface area contributed by atoms with Gasteiger partial charge in [-0.25, -0.2) is 4.57 Å². The molecule has 14 heavy (non-hydrogen) atoms. The monoisotopic (exact) mass is 265 g/mol. The molecule has 0 unspecified atom stereocenters. The van der Waals surface area contributed by atoms with E-state index in [9.17, 15) is 10.1 Å². The summed E-state index contributed by atoms with van der Waals surface area (Å²) in [4.78, 5) is 13.3. The van der Waals surface area contributed by atoms with Gasteiger partial charge in [0.05, 0.1) is 7.05 Å². The summed E-state index contributed by atoms with van der Waals surface area (Å²) in [6.07, 6.45) is 0. The molecule has 0 saturated heterocycles. The van der Waals surface area contributed by atoms with Crippen molar-refractivity contribution in [1.29, 1.82) is 0 Å². The summed E-state index contributed by atoms with van der Waals surface area (Å²) in [5.41, 5.74) is 0.390. The first-order chi connectivity index (χ1) is 6.57. The Hall–Kier alpha value is -0.950. The lowest BCUT2D eigenvalue weighted by Gasteiger charge is -1.94. The second-order valence-corrected chi connectivity index (χ2v) is 2.87. The van der Waals surface area contributed by atoms with Crippen LogP contribution in [0.25, 0.3) is 0 Å². The third-order valence-electron chi connectivity index (χ3n) is 1.45. The molecule has 0 fully saturated rings. The molecule has 0 amide bonds. The first kappa shape index (κ1) is 13.1. The van der Waals surface area contributed by atoms with Crippen LogP contribution in [0.1, 0.15) is 19.5 Å². The summed E-state index contributed by atoms with van der Waals surface area (Å²) in [7, 11) is 1.47. The first-order valence-corrected chi connectivity index (χ1v) is 4.83. The van der Waals surface area contributed by atoms with Crippen LogP contribution in [0.2, 0.25) is 0 Å². The Balaban J connectivity index is 0.000000791. The zero-order chi connectivity index (χ0) is 11.3. The standard InChI is InChI=1S/C5H6BrN3O3.C2H6/c1-8-3(2-10)4(6)7-5(8)9(11)12;1-2/h10H,2H2,1H3;1-2H3. The van der Waals surface area contributed by atoms with Crippen LogP contribution in [0.15, 0.2) is 4.60 Å². The van der Waals surface area contributed by atoms with Crippen LogP contribution in [-0.2, 0) is 13.7 Å². The molecule has 0 atom stereocenters. The van der Waals surface area contributed by atoms with Crippen molar-refractivity contribution in [2.75, 3.05) is 0 Å². The molecule has 0 aliphatic heterocycles. The number of aliphatic hydroxyl groups is 1. The summed E-state index contributed by atoms with van der Waals surface area (Å²) >= 11 is 3.00. The van der Waals surface area contributed by atoms with Gasteiger partial charge in [0.25, 0.3) is 0 Å². The Kier molecular flexibility index (Phi) is 5.32. The molecule has 0 bridgehead atoms. The van der Waals surface area contributed by atoms with E-state index in [2.05, 4.69) is 20.9 Å². The van der Waals surface area contributed by atoms with E-state index in [0.717, 1.165) is 0 Å². The molecule has 0 aliphatic rings. The van der Waals surface area contributed by atoms with Gasteiger partial charge in [0.1, 0.15) is 6.61 Å². The normalized spacial score (nSPS) is 9.21. The molecule has 1 aromatic rings. The zero-order valence-electron chi connectivity index (χ0n) is 8.19. The quantitative estimate of drug-likeness (QED) is 0.651. The van der Waals surface area contributed by atoms with E-state index in [0.29, 0.717) is 10.3 Å². The van der Waals surface area contributed by atoms with Crippen molar-refractivity contribution in [2.45, 2.75) is 20.5 Å². The maximum atomic E-state index is 10.3. The van der Waals surface area contributed by atoms with Gasteiger partial charge in [0.2, 0.25) is 4.60 Å². The Bertz CT molecular complexity index is 324. The molecule has 7 heteroatoms. The smallest absolute Gasteiger partial charge is 0.390 e. The van der Waals surface area contributed by atoms with Crippen LogP contribution < -0.4 is 0 Å². The first-order valence-electron chi connectivity index (χ1n) is 4.04. The van der Waals surface area contributed by atoms with Gasteiger partial charge >= 0.3 is 5.95 Å². The van der Waals surface area contributed by atoms with Gasteiger partial charge in [-0.05, 0) is 20.9 Å². The molecular weight excluding hydrogens is 254 g/mol.